The minimum atomic E-state index is -0.485. The number of phenols is 1. The number of amides is 2. The number of nitrogens with one attached hydrogen (secondary N) is 1. The first-order valence-corrected chi connectivity index (χ1v) is 8.30. The number of hydrogen-bond acceptors (Lipinski definition) is 5. The summed E-state index contributed by atoms with van der Waals surface area (Å²) in [6.45, 7) is 0.996. The van der Waals surface area contributed by atoms with Crippen LogP contribution in [0.1, 0.15) is 9.67 Å². The molecular formula is C14H10Cl2N2O4S. The maximum atomic E-state index is 12.6. The van der Waals surface area contributed by atoms with Crippen LogP contribution in [0.4, 0.5) is 4.79 Å². The van der Waals surface area contributed by atoms with Crippen LogP contribution < -0.4 is 5.32 Å². The number of cyclic esters (lactones) is 1. The summed E-state index contributed by atoms with van der Waals surface area (Å²) in [6.07, 6.45) is -0.462. The fraction of sp³-hybridized carbons (Fsp3) is 0.286. The van der Waals surface area contributed by atoms with Gasteiger partial charge in [-0.2, -0.15) is 0 Å². The van der Waals surface area contributed by atoms with Crippen LogP contribution >= 0.6 is 34.5 Å². The van der Waals surface area contributed by atoms with Crippen LogP contribution in [0.15, 0.2) is 12.1 Å². The van der Waals surface area contributed by atoms with Gasteiger partial charge in [-0.25, -0.2) is 4.79 Å². The smallest absolute Gasteiger partial charge is 0.407 e. The van der Waals surface area contributed by atoms with Crippen molar-refractivity contribution in [2.45, 2.75) is 5.54 Å². The highest BCUT2D eigenvalue weighted by Crippen LogP contribution is 2.43. The molecule has 3 heterocycles. The van der Waals surface area contributed by atoms with Gasteiger partial charge in [-0.3, -0.25) is 4.79 Å². The van der Waals surface area contributed by atoms with E-state index in [0.717, 1.165) is 0 Å². The molecule has 23 heavy (non-hydrogen) atoms. The molecule has 0 unspecified atom stereocenters. The highest BCUT2D eigenvalue weighted by atomic mass is 35.5. The van der Waals surface area contributed by atoms with E-state index >= 15 is 0 Å². The molecule has 0 saturated carbocycles. The average molecular weight is 373 g/mol. The molecule has 2 amide bonds. The lowest BCUT2D eigenvalue weighted by Gasteiger charge is -2.45. The minimum absolute atomic E-state index is 0.0515. The number of likely N-dealkylation sites (tertiary alicyclic amines) is 1. The summed E-state index contributed by atoms with van der Waals surface area (Å²) in [7, 11) is 0. The number of carbonyl (C=O) groups is 2. The standard InChI is InChI=1S/C14H10Cl2N2O4S/c15-6-1-7(19)9-8(2-6)23-11(10(9)16)12(20)18-3-14(4-18)5-22-13(21)17-14/h1-2,19H,3-5H2,(H,17,21). The number of halogens is 2. The van der Waals surface area contributed by atoms with Crippen molar-refractivity contribution in [2.24, 2.45) is 0 Å². The van der Waals surface area contributed by atoms with Crippen molar-refractivity contribution >= 4 is 56.6 Å². The van der Waals surface area contributed by atoms with Gasteiger partial charge in [-0.15, -0.1) is 11.3 Å². The first kappa shape index (κ1) is 14.9. The van der Waals surface area contributed by atoms with E-state index in [1.807, 2.05) is 0 Å². The summed E-state index contributed by atoms with van der Waals surface area (Å²) < 4.78 is 5.54. The Hall–Kier alpha value is -1.70. The lowest BCUT2D eigenvalue weighted by Crippen LogP contribution is -2.69. The molecule has 9 heteroatoms. The van der Waals surface area contributed by atoms with Crippen molar-refractivity contribution in [3.8, 4) is 5.75 Å². The number of carbonyl (C=O) groups excluding carboxylic acids is 2. The van der Waals surface area contributed by atoms with Crippen molar-refractivity contribution in [3.05, 3.63) is 27.1 Å². The molecule has 1 aromatic heterocycles. The van der Waals surface area contributed by atoms with Gasteiger partial charge in [0.2, 0.25) is 0 Å². The number of nitrogens with zero attached hydrogens (tertiary/aromatic N) is 1. The van der Waals surface area contributed by atoms with E-state index in [1.54, 1.807) is 11.0 Å². The van der Waals surface area contributed by atoms with E-state index in [4.69, 9.17) is 27.9 Å². The van der Waals surface area contributed by atoms with Gasteiger partial charge in [0.05, 0.1) is 10.4 Å². The Balaban J connectivity index is 1.63. The third-order valence-electron chi connectivity index (χ3n) is 3.99. The molecule has 4 rings (SSSR count). The Labute approximate surface area is 144 Å². The van der Waals surface area contributed by atoms with E-state index in [1.165, 1.54) is 17.4 Å². The minimum Gasteiger partial charge on any atom is -0.507 e. The van der Waals surface area contributed by atoms with Crippen molar-refractivity contribution < 1.29 is 19.4 Å². The number of aromatic hydroxyl groups is 1. The van der Waals surface area contributed by atoms with Gasteiger partial charge in [0, 0.05) is 22.8 Å². The predicted molar refractivity (Wildman–Crippen MR) is 86.6 cm³/mol. The maximum Gasteiger partial charge on any atom is 0.407 e. The Kier molecular flexibility index (Phi) is 3.16. The molecule has 1 aromatic carbocycles. The molecule has 2 N–H and O–H groups in total. The number of rotatable bonds is 1. The second-order valence-corrected chi connectivity index (χ2v) is 7.55. The Morgan fingerprint density at radius 1 is 1.39 bits per heavy atom. The number of phenolic OH excluding ortho intramolecular Hbond substituents is 1. The first-order chi connectivity index (χ1) is 10.9. The number of thiophene rings is 1. The van der Waals surface area contributed by atoms with Crippen LogP contribution in [-0.4, -0.2) is 47.2 Å². The molecule has 0 bridgehead atoms. The van der Waals surface area contributed by atoms with Crippen molar-refractivity contribution in [1.82, 2.24) is 10.2 Å². The van der Waals surface area contributed by atoms with E-state index in [-0.39, 0.29) is 23.3 Å². The number of benzene rings is 1. The van der Waals surface area contributed by atoms with Gasteiger partial charge >= 0.3 is 6.09 Å². The fourth-order valence-electron chi connectivity index (χ4n) is 2.91. The molecule has 1 spiro atoms. The molecule has 2 aliphatic rings. The van der Waals surface area contributed by atoms with Gasteiger partial charge in [-0.1, -0.05) is 23.2 Å². The highest BCUT2D eigenvalue weighted by molar-refractivity contribution is 7.21. The third-order valence-corrected chi connectivity index (χ3v) is 5.83. The second kappa shape index (κ2) is 4.90. The Morgan fingerprint density at radius 2 is 2.13 bits per heavy atom. The summed E-state index contributed by atoms with van der Waals surface area (Å²) in [5.41, 5.74) is -0.485. The summed E-state index contributed by atoms with van der Waals surface area (Å²) in [5.74, 6) is -0.289. The lowest BCUT2D eigenvalue weighted by molar-refractivity contribution is 0.0322. The van der Waals surface area contributed by atoms with Crippen molar-refractivity contribution in [1.29, 1.82) is 0 Å². The van der Waals surface area contributed by atoms with Crippen LogP contribution in [-0.2, 0) is 4.74 Å². The second-order valence-electron chi connectivity index (χ2n) is 5.69. The molecule has 6 nitrogen and oxygen atoms in total. The SMILES string of the molecule is O=C1NC2(CO1)CN(C(=O)c1sc3cc(Cl)cc(O)c3c1Cl)C2. The molecule has 0 atom stereocenters. The monoisotopic (exact) mass is 372 g/mol. The Morgan fingerprint density at radius 3 is 2.78 bits per heavy atom. The van der Waals surface area contributed by atoms with Crippen LogP contribution in [0.25, 0.3) is 10.1 Å². The number of alkyl carbamates (subject to hydrolysis) is 1. The molecule has 2 aliphatic heterocycles. The summed E-state index contributed by atoms with van der Waals surface area (Å²) in [6, 6.07) is 3.05. The van der Waals surface area contributed by atoms with Crippen LogP contribution in [0, 0.1) is 0 Å². The predicted octanol–water partition coefficient (Wildman–Crippen LogP) is 2.85. The number of ether oxygens (including phenoxy) is 1. The van der Waals surface area contributed by atoms with Crippen molar-refractivity contribution in [2.75, 3.05) is 19.7 Å². The molecule has 0 radical (unpaired) electrons. The number of fused-ring (bicyclic) bond motifs is 1. The highest BCUT2D eigenvalue weighted by Gasteiger charge is 2.51. The zero-order valence-corrected chi connectivity index (χ0v) is 13.9. The molecular weight excluding hydrogens is 363 g/mol. The largest absolute Gasteiger partial charge is 0.507 e. The first-order valence-electron chi connectivity index (χ1n) is 6.73. The van der Waals surface area contributed by atoms with Crippen LogP contribution in [0.3, 0.4) is 0 Å². The van der Waals surface area contributed by atoms with Gasteiger partial charge in [0.15, 0.2) is 0 Å². The lowest BCUT2D eigenvalue weighted by atomic mass is 9.91. The molecule has 0 aliphatic carbocycles. The molecule has 2 aromatic rings. The summed E-state index contributed by atoms with van der Waals surface area (Å²) in [5, 5.41) is 13.7. The van der Waals surface area contributed by atoms with E-state index in [2.05, 4.69) is 5.32 Å². The zero-order chi connectivity index (χ0) is 16.4. The molecule has 2 saturated heterocycles. The normalized spacial score (nSPS) is 18.9. The van der Waals surface area contributed by atoms with E-state index in [0.29, 0.717) is 33.1 Å². The van der Waals surface area contributed by atoms with E-state index < -0.39 is 11.6 Å². The fourth-order valence-corrected chi connectivity index (χ4v) is 4.76. The third kappa shape index (κ3) is 2.22. The van der Waals surface area contributed by atoms with Crippen molar-refractivity contribution in [3.63, 3.8) is 0 Å². The van der Waals surface area contributed by atoms with Gasteiger partial charge in [-0.05, 0) is 12.1 Å². The van der Waals surface area contributed by atoms with Gasteiger partial charge < -0.3 is 20.1 Å². The summed E-state index contributed by atoms with van der Waals surface area (Å²) >= 11 is 13.4. The van der Waals surface area contributed by atoms with E-state index in [9.17, 15) is 14.7 Å². The summed E-state index contributed by atoms with van der Waals surface area (Å²) in [4.78, 5) is 25.7. The van der Waals surface area contributed by atoms with Crippen LogP contribution in [0.2, 0.25) is 10.0 Å². The number of hydrogen-bond donors (Lipinski definition) is 2. The maximum absolute atomic E-state index is 12.6. The Bertz CT molecular complexity index is 860. The molecule has 120 valence electrons. The van der Waals surface area contributed by atoms with Crippen LogP contribution in [0.5, 0.6) is 5.75 Å². The van der Waals surface area contributed by atoms with Gasteiger partial charge in [0.1, 0.15) is 22.8 Å². The van der Waals surface area contributed by atoms with Gasteiger partial charge in [0.25, 0.3) is 5.91 Å². The quantitative estimate of drug-likeness (QED) is 0.806. The molecule has 2 fully saturated rings. The average Bonchev–Trinajstić information content (AvgIpc) is 2.97. The topological polar surface area (TPSA) is 78.9 Å². The zero-order valence-electron chi connectivity index (χ0n) is 11.6.